The molecule has 0 aliphatic heterocycles. The fourth-order valence-electron chi connectivity index (χ4n) is 2.73. The van der Waals surface area contributed by atoms with Crippen LogP contribution >= 0.6 is 0 Å². The van der Waals surface area contributed by atoms with E-state index in [2.05, 4.69) is 29.6 Å². The summed E-state index contributed by atoms with van der Waals surface area (Å²) in [5, 5.41) is 12.6. The fraction of sp³-hybridized carbons (Fsp3) is 0.235. The summed E-state index contributed by atoms with van der Waals surface area (Å²) < 4.78 is 0. The average molecular weight is 248 g/mol. The number of anilines is 2. The molecule has 0 spiro atoms. The molecular weight excluding hydrogens is 232 g/mol. The molecule has 94 valence electrons. The predicted molar refractivity (Wildman–Crippen MR) is 77.5 cm³/mol. The molecule has 2 aromatic rings. The highest BCUT2D eigenvalue weighted by Crippen LogP contribution is 2.30. The fourth-order valence-corrected chi connectivity index (χ4v) is 2.73. The van der Waals surface area contributed by atoms with Gasteiger partial charge >= 0.3 is 0 Å². The molecule has 0 radical (unpaired) electrons. The number of rotatable bonds is 2. The minimum absolute atomic E-state index is 0.691. The molecule has 0 bridgehead atoms. The van der Waals surface area contributed by atoms with E-state index in [9.17, 15) is 0 Å². The molecule has 0 heterocycles. The van der Waals surface area contributed by atoms with Gasteiger partial charge in [-0.15, -0.1) is 0 Å². The molecule has 2 aromatic carbocycles. The van der Waals surface area contributed by atoms with Gasteiger partial charge < -0.3 is 5.32 Å². The molecule has 0 fully saturated rings. The van der Waals surface area contributed by atoms with Crippen LogP contribution in [-0.4, -0.2) is 0 Å². The zero-order valence-corrected chi connectivity index (χ0v) is 10.8. The Morgan fingerprint density at radius 1 is 0.895 bits per heavy atom. The van der Waals surface area contributed by atoms with Crippen LogP contribution in [-0.2, 0) is 12.8 Å². The molecule has 0 saturated heterocycles. The van der Waals surface area contributed by atoms with Gasteiger partial charge in [0, 0.05) is 5.69 Å². The van der Waals surface area contributed by atoms with Crippen molar-refractivity contribution >= 4 is 11.4 Å². The predicted octanol–water partition coefficient (Wildman–Crippen LogP) is 4.18. The van der Waals surface area contributed by atoms with Gasteiger partial charge in [-0.2, -0.15) is 5.26 Å². The number of hydrogen-bond donors (Lipinski definition) is 1. The average Bonchev–Trinajstić information content (AvgIpc) is 2.48. The third kappa shape index (κ3) is 2.32. The molecule has 1 aliphatic rings. The smallest absolute Gasteiger partial charge is 0.101 e. The molecule has 0 atom stereocenters. The second-order valence-corrected chi connectivity index (χ2v) is 4.93. The second kappa shape index (κ2) is 5.16. The highest BCUT2D eigenvalue weighted by Gasteiger charge is 2.13. The molecule has 3 rings (SSSR count). The van der Waals surface area contributed by atoms with Gasteiger partial charge in [-0.25, -0.2) is 0 Å². The van der Waals surface area contributed by atoms with Crippen LogP contribution in [0.2, 0.25) is 0 Å². The number of nitriles is 1. The van der Waals surface area contributed by atoms with E-state index in [0.29, 0.717) is 5.56 Å². The Balaban J connectivity index is 1.98. The molecule has 2 heteroatoms. The molecule has 1 aliphatic carbocycles. The van der Waals surface area contributed by atoms with Gasteiger partial charge in [0.2, 0.25) is 0 Å². The van der Waals surface area contributed by atoms with Gasteiger partial charge in [0.25, 0.3) is 0 Å². The maximum Gasteiger partial charge on any atom is 0.101 e. The monoisotopic (exact) mass is 248 g/mol. The van der Waals surface area contributed by atoms with Gasteiger partial charge in [0.1, 0.15) is 6.07 Å². The van der Waals surface area contributed by atoms with Crippen molar-refractivity contribution in [3.8, 4) is 6.07 Å². The lowest BCUT2D eigenvalue weighted by atomic mass is 9.90. The molecule has 1 N–H and O–H groups in total. The van der Waals surface area contributed by atoms with Crippen molar-refractivity contribution in [1.82, 2.24) is 0 Å². The van der Waals surface area contributed by atoms with E-state index in [1.807, 2.05) is 24.3 Å². The lowest BCUT2D eigenvalue weighted by Gasteiger charge is -2.20. The number of nitrogens with zero attached hydrogens (tertiary/aromatic N) is 1. The van der Waals surface area contributed by atoms with E-state index in [1.54, 1.807) is 0 Å². The number of para-hydroxylation sites is 1. The van der Waals surface area contributed by atoms with Crippen LogP contribution in [0.4, 0.5) is 11.4 Å². The quantitative estimate of drug-likeness (QED) is 0.865. The Kier molecular flexibility index (Phi) is 3.20. The Morgan fingerprint density at radius 3 is 2.58 bits per heavy atom. The third-order valence-electron chi connectivity index (χ3n) is 3.71. The number of hydrogen-bond acceptors (Lipinski definition) is 2. The van der Waals surface area contributed by atoms with Crippen LogP contribution in [0.15, 0.2) is 42.5 Å². The summed E-state index contributed by atoms with van der Waals surface area (Å²) in [7, 11) is 0. The lowest BCUT2D eigenvalue weighted by molar-refractivity contribution is 0.687. The molecule has 0 unspecified atom stereocenters. The van der Waals surface area contributed by atoms with E-state index < -0.39 is 0 Å². The maximum atomic E-state index is 9.14. The highest BCUT2D eigenvalue weighted by molar-refractivity contribution is 5.69. The minimum atomic E-state index is 0.691. The van der Waals surface area contributed by atoms with Crippen LogP contribution < -0.4 is 5.32 Å². The van der Waals surface area contributed by atoms with E-state index in [-0.39, 0.29) is 0 Å². The number of aryl methyl sites for hydroxylation is 1. The van der Waals surface area contributed by atoms with Crippen LogP contribution in [0.1, 0.15) is 29.5 Å². The summed E-state index contributed by atoms with van der Waals surface area (Å²) >= 11 is 0. The highest BCUT2D eigenvalue weighted by atomic mass is 14.9. The van der Waals surface area contributed by atoms with Crippen LogP contribution in [0.25, 0.3) is 0 Å². The van der Waals surface area contributed by atoms with Crippen LogP contribution in [0.5, 0.6) is 0 Å². The summed E-state index contributed by atoms with van der Waals surface area (Å²) in [6.07, 6.45) is 4.84. The molecule has 0 amide bonds. The first-order chi connectivity index (χ1) is 9.38. The van der Waals surface area contributed by atoms with Crippen molar-refractivity contribution in [3.63, 3.8) is 0 Å². The van der Waals surface area contributed by atoms with Gasteiger partial charge in [-0.05, 0) is 55.0 Å². The summed E-state index contributed by atoms with van der Waals surface area (Å²) in [6.45, 7) is 0. The Bertz CT molecular complexity index is 638. The zero-order valence-electron chi connectivity index (χ0n) is 10.8. The van der Waals surface area contributed by atoms with E-state index in [4.69, 9.17) is 5.26 Å². The molecule has 0 aromatic heterocycles. The van der Waals surface area contributed by atoms with Crippen molar-refractivity contribution in [3.05, 3.63) is 59.2 Å². The first-order valence-corrected chi connectivity index (χ1v) is 6.75. The van der Waals surface area contributed by atoms with Gasteiger partial charge in [0.15, 0.2) is 0 Å². The molecule has 2 nitrogen and oxygen atoms in total. The SMILES string of the molecule is N#Cc1ccccc1Nc1cccc2c1CCCC2. The summed E-state index contributed by atoms with van der Waals surface area (Å²) in [4.78, 5) is 0. The number of fused-ring (bicyclic) bond motifs is 1. The zero-order chi connectivity index (χ0) is 13.1. The summed E-state index contributed by atoms with van der Waals surface area (Å²) in [6, 6.07) is 16.3. The van der Waals surface area contributed by atoms with E-state index in [1.165, 1.54) is 30.4 Å². The van der Waals surface area contributed by atoms with Crippen molar-refractivity contribution in [2.24, 2.45) is 0 Å². The van der Waals surface area contributed by atoms with Gasteiger partial charge in [-0.1, -0.05) is 24.3 Å². The van der Waals surface area contributed by atoms with Crippen LogP contribution in [0.3, 0.4) is 0 Å². The van der Waals surface area contributed by atoms with E-state index >= 15 is 0 Å². The number of nitrogens with one attached hydrogen (secondary N) is 1. The van der Waals surface area contributed by atoms with Crippen molar-refractivity contribution < 1.29 is 0 Å². The standard InChI is InChI=1S/C17H16N2/c18-12-14-7-2-4-10-16(14)19-17-11-5-8-13-6-1-3-9-15(13)17/h2,4-5,7-8,10-11,19H,1,3,6,9H2. The maximum absolute atomic E-state index is 9.14. The third-order valence-corrected chi connectivity index (χ3v) is 3.71. The van der Waals surface area contributed by atoms with E-state index in [0.717, 1.165) is 17.8 Å². The summed E-state index contributed by atoms with van der Waals surface area (Å²) in [5.41, 5.74) is 5.60. The molecular formula is C17H16N2. The van der Waals surface area contributed by atoms with Gasteiger partial charge in [-0.3, -0.25) is 0 Å². The summed E-state index contributed by atoms with van der Waals surface area (Å²) in [5.74, 6) is 0. The molecule has 19 heavy (non-hydrogen) atoms. The Labute approximate surface area is 113 Å². The number of benzene rings is 2. The van der Waals surface area contributed by atoms with Crippen molar-refractivity contribution in [2.45, 2.75) is 25.7 Å². The van der Waals surface area contributed by atoms with Gasteiger partial charge in [0.05, 0.1) is 11.3 Å². The largest absolute Gasteiger partial charge is 0.354 e. The Morgan fingerprint density at radius 2 is 1.68 bits per heavy atom. The normalized spacial score (nSPS) is 13.4. The lowest BCUT2D eigenvalue weighted by Crippen LogP contribution is -2.06. The first kappa shape index (κ1) is 11.8. The molecule has 0 saturated carbocycles. The first-order valence-electron chi connectivity index (χ1n) is 6.75. The topological polar surface area (TPSA) is 35.8 Å². The Hall–Kier alpha value is -2.27. The van der Waals surface area contributed by atoms with Crippen molar-refractivity contribution in [2.75, 3.05) is 5.32 Å². The van der Waals surface area contributed by atoms with Crippen LogP contribution in [0, 0.1) is 11.3 Å². The minimum Gasteiger partial charge on any atom is -0.354 e. The van der Waals surface area contributed by atoms with Crippen molar-refractivity contribution in [1.29, 1.82) is 5.26 Å². The second-order valence-electron chi connectivity index (χ2n) is 4.93.